The van der Waals surface area contributed by atoms with Gasteiger partial charge in [-0.15, -0.1) is 0 Å². The van der Waals surface area contributed by atoms with Gasteiger partial charge in [0.2, 0.25) is 11.7 Å². The second-order valence-electron chi connectivity index (χ2n) is 18.8. The van der Waals surface area contributed by atoms with E-state index in [-0.39, 0.29) is 18.2 Å². The van der Waals surface area contributed by atoms with Gasteiger partial charge in [-0.2, -0.15) is 17.8 Å². The number of carbonyl (C=O) groups excluding carboxylic acids is 1. The molecule has 11 rings (SSSR count). The number of ketones is 1. The van der Waals surface area contributed by atoms with Crippen LogP contribution in [-0.4, -0.2) is 81.0 Å². The first-order valence-corrected chi connectivity index (χ1v) is 26.1. The summed E-state index contributed by atoms with van der Waals surface area (Å²) in [4.78, 5) is 34.3. The maximum absolute atomic E-state index is 16.7. The zero-order valence-electron chi connectivity index (χ0n) is 40.8. The minimum absolute atomic E-state index is 0.0671. The van der Waals surface area contributed by atoms with Gasteiger partial charge in [0, 0.05) is 92.1 Å². The van der Waals surface area contributed by atoms with E-state index in [1.165, 1.54) is 12.6 Å². The van der Waals surface area contributed by atoms with Crippen LogP contribution in [0.4, 0.5) is 31.8 Å². The Morgan fingerprint density at radius 3 is 1.99 bits per heavy atom. The fourth-order valence-corrected chi connectivity index (χ4v) is 11.3. The van der Waals surface area contributed by atoms with Gasteiger partial charge in [0.1, 0.15) is 17.0 Å². The van der Waals surface area contributed by atoms with Crippen LogP contribution >= 0.6 is 0 Å². The number of hydrogen-bond acceptors (Lipinski definition) is 10. The van der Waals surface area contributed by atoms with Gasteiger partial charge in [0.25, 0.3) is 0 Å². The molecule has 0 radical (unpaired) electrons. The molecule has 0 amide bonds. The average molecular weight is 1010 g/mol. The number of nitrogens with zero attached hydrogens (tertiary/aromatic N) is 9. The number of piperidine rings is 1. The maximum atomic E-state index is 16.7. The number of carbonyl (C=O) groups is 1. The van der Waals surface area contributed by atoms with Crippen molar-refractivity contribution in [1.82, 2.24) is 33.6 Å². The van der Waals surface area contributed by atoms with E-state index in [2.05, 4.69) is 37.5 Å². The lowest BCUT2D eigenvalue weighted by atomic mass is 9.76. The molecule has 6 heterocycles. The first-order chi connectivity index (χ1) is 35.9. The van der Waals surface area contributed by atoms with Crippen molar-refractivity contribution in [2.24, 2.45) is 0 Å². The van der Waals surface area contributed by atoms with E-state index in [4.69, 9.17) is 25.8 Å². The molecule has 17 heteroatoms. The number of pyridine rings is 1. The van der Waals surface area contributed by atoms with Crippen LogP contribution < -0.4 is 20.3 Å². The van der Waals surface area contributed by atoms with Gasteiger partial charge in [-0.25, -0.2) is 23.7 Å². The topological polar surface area (TPSA) is 160 Å². The van der Waals surface area contributed by atoms with Crippen molar-refractivity contribution in [2.45, 2.75) is 44.3 Å². The van der Waals surface area contributed by atoms with Gasteiger partial charge in [0.15, 0.2) is 5.82 Å². The number of rotatable bonds is 14. The minimum Gasteiger partial charge on any atom is -0.399 e. The van der Waals surface area contributed by atoms with Crippen LogP contribution in [-0.2, 0) is 28.7 Å². The summed E-state index contributed by atoms with van der Waals surface area (Å²) in [7, 11) is -2.93. The molecule has 74 heavy (non-hydrogen) atoms. The van der Waals surface area contributed by atoms with Crippen LogP contribution in [0.3, 0.4) is 0 Å². The van der Waals surface area contributed by atoms with Crippen molar-refractivity contribution in [2.75, 3.05) is 53.5 Å². The predicted octanol–water partition coefficient (Wildman–Crippen LogP) is 9.63. The number of aromatic nitrogens is 6. The Morgan fingerprint density at radius 1 is 0.770 bits per heavy atom. The lowest BCUT2D eigenvalue weighted by Gasteiger charge is -2.38. The lowest BCUT2D eigenvalue weighted by Crippen LogP contribution is -2.37. The highest BCUT2D eigenvalue weighted by Gasteiger charge is 2.41. The van der Waals surface area contributed by atoms with E-state index < -0.39 is 44.4 Å². The quantitative estimate of drug-likeness (QED) is 0.0610. The van der Waals surface area contributed by atoms with E-state index in [0.29, 0.717) is 28.1 Å². The van der Waals surface area contributed by atoms with Crippen LogP contribution in [0.25, 0.3) is 22.2 Å². The SMILES string of the molecule is CCN(C)S(=O)(=O)Nc1ccc(F)c(C(=O)c2cn(C(c3ccccc3)(c3ccccc3)c3ccccc3)c3ncc(-c4cnc(N5CCC(n6cc7c(n6)CN(c6ccc(N)cc6)CC7)CC5)nc4)cc23)c1F. The Labute approximate surface area is 427 Å². The van der Waals surface area contributed by atoms with E-state index in [9.17, 15) is 8.42 Å². The fourth-order valence-electron chi connectivity index (χ4n) is 10.4. The Morgan fingerprint density at radius 2 is 1.38 bits per heavy atom. The number of benzene rings is 5. The largest absolute Gasteiger partial charge is 0.399 e. The Balaban J connectivity index is 0.949. The summed E-state index contributed by atoms with van der Waals surface area (Å²) in [6.45, 7) is 4.83. The van der Waals surface area contributed by atoms with E-state index in [1.54, 1.807) is 37.8 Å². The first kappa shape index (κ1) is 48.0. The Hall–Kier alpha value is -8.28. The van der Waals surface area contributed by atoms with Crippen molar-refractivity contribution in [3.8, 4) is 11.1 Å². The molecule has 0 spiro atoms. The van der Waals surface area contributed by atoms with E-state index in [0.717, 1.165) is 95.6 Å². The monoisotopic (exact) mass is 1010 g/mol. The number of halogens is 2. The molecule has 0 saturated carbocycles. The Kier molecular flexibility index (Phi) is 12.7. The molecule has 0 bridgehead atoms. The molecule has 1 fully saturated rings. The molecule has 9 aromatic rings. The van der Waals surface area contributed by atoms with Gasteiger partial charge in [0.05, 0.1) is 35.1 Å². The molecule has 1 saturated heterocycles. The molecule has 0 aliphatic carbocycles. The van der Waals surface area contributed by atoms with E-state index >= 15 is 13.6 Å². The zero-order valence-corrected chi connectivity index (χ0v) is 41.6. The summed E-state index contributed by atoms with van der Waals surface area (Å²) in [5.41, 5.74) is 11.4. The van der Waals surface area contributed by atoms with Gasteiger partial charge >= 0.3 is 10.2 Å². The summed E-state index contributed by atoms with van der Waals surface area (Å²) in [5.74, 6) is -2.96. The molecular formula is C57H53F2N11O3S. The Bertz CT molecular complexity index is 3510. The molecule has 2 aliphatic rings. The smallest absolute Gasteiger partial charge is 0.301 e. The van der Waals surface area contributed by atoms with Crippen LogP contribution in [0.5, 0.6) is 0 Å². The van der Waals surface area contributed by atoms with Gasteiger partial charge < -0.3 is 20.1 Å². The maximum Gasteiger partial charge on any atom is 0.301 e. The average Bonchev–Trinajstić information content (AvgIpc) is 4.05. The summed E-state index contributed by atoms with van der Waals surface area (Å²) in [6.07, 6.45) is 11.6. The number of nitrogens with one attached hydrogen (secondary N) is 1. The van der Waals surface area contributed by atoms with Crippen molar-refractivity contribution >= 4 is 50.0 Å². The molecule has 0 atom stereocenters. The third-order valence-electron chi connectivity index (χ3n) is 14.5. The van der Waals surface area contributed by atoms with Crippen molar-refractivity contribution in [3.63, 3.8) is 0 Å². The van der Waals surface area contributed by atoms with Crippen molar-refractivity contribution < 1.29 is 22.0 Å². The highest BCUT2D eigenvalue weighted by molar-refractivity contribution is 7.90. The van der Waals surface area contributed by atoms with Crippen LogP contribution in [0.2, 0.25) is 0 Å². The van der Waals surface area contributed by atoms with Crippen molar-refractivity contribution in [1.29, 1.82) is 0 Å². The first-order valence-electron chi connectivity index (χ1n) is 24.6. The molecule has 4 aromatic heterocycles. The third kappa shape index (κ3) is 8.70. The van der Waals surface area contributed by atoms with Gasteiger partial charge in [-0.05, 0) is 84.0 Å². The number of fused-ring (bicyclic) bond motifs is 2. The summed E-state index contributed by atoms with van der Waals surface area (Å²) in [6, 6.07) is 41.1. The number of nitrogens with two attached hydrogens (primary N) is 1. The third-order valence-corrected chi connectivity index (χ3v) is 16.0. The molecule has 374 valence electrons. The predicted molar refractivity (Wildman–Crippen MR) is 284 cm³/mol. The molecule has 14 nitrogen and oxygen atoms in total. The van der Waals surface area contributed by atoms with Gasteiger partial charge in [-0.3, -0.25) is 14.2 Å². The summed E-state index contributed by atoms with van der Waals surface area (Å²) >= 11 is 0. The number of nitrogen functional groups attached to an aromatic ring is 1. The lowest BCUT2D eigenvalue weighted by molar-refractivity contribution is 0.103. The van der Waals surface area contributed by atoms with Crippen LogP contribution in [0, 0.1) is 11.6 Å². The number of hydrogen-bond donors (Lipinski definition) is 2. The molecule has 0 unspecified atom stereocenters. The molecule has 3 N–H and O–H groups in total. The molecule has 2 aliphatic heterocycles. The number of anilines is 4. The van der Waals surface area contributed by atoms with Crippen LogP contribution in [0.15, 0.2) is 164 Å². The minimum atomic E-state index is -4.25. The second kappa shape index (κ2) is 19.6. The normalized spacial score (nSPS) is 14.4. The highest BCUT2D eigenvalue weighted by Crippen LogP contribution is 2.44. The zero-order chi connectivity index (χ0) is 51.1. The standard InChI is InChI=1S/C57H53F2N11O3S/c1-3-66(2)74(72,73)65-50-24-23-49(58)52(53(50)59)54(71)48-36-69(57(41-13-7-4-8-14-41,42-15-9-5-10-16-42)43-17-11-6-12-18-43)55-47(48)31-39(32-61-55)40-33-62-56(63-34-40)67-29-26-46(27-30-67)70-35-38-25-28-68(37-51(38)64-70)45-21-19-44(60)20-22-45/h4-24,31-36,46,65H,3,25-30,37,60H2,1-2H3. The van der Waals surface area contributed by atoms with Gasteiger partial charge in [-0.1, -0.05) is 97.9 Å². The summed E-state index contributed by atoms with van der Waals surface area (Å²) in [5, 5.41) is 5.36. The fraction of sp³-hybridized carbons (Fsp3) is 0.211. The van der Waals surface area contributed by atoms with E-state index in [1.807, 2.05) is 108 Å². The second-order valence-corrected chi connectivity index (χ2v) is 20.6. The van der Waals surface area contributed by atoms with Crippen molar-refractivity contribution in [3.05, 3.63) is 215 Å². The van der Waals surface area contributed by atoms with Crippen LogP contribution in [0.1, 0.15) is 69.7 Å². The molecule has 5 aromatic carbocycles. The molecular weight excluding hydrogens is 957 g/mol. The highest BCUT2D eigenvalue weighted by atomic mass is 32.2. The summed E-state index contributed by atoms with van der Waals surface area (Å²) < 4.78 is 66.2.